The molecule has 0 spiro atoms. The molecule has 2 heterocycles. The van der Waals surface area contributed by atoms with Gasteiger partial charge in [-0.3, -0.25) is 0 Å². The molecule has 0 atom stereocenters. The van der Waals surface area contributed by atoms with Crippen molar-refractivity contribution in [3.8, 4) is 0 Å². The van der Waals surface area contributed by atoms with E-state index in [9.17, 15) is 8.42 Å². The van der Waals surface area contributed by atoms with Crippen molar-refractivity contribution in [2.75, 3.05) is 39.9 Å². The average Bonchev–Trinajstić information content (AvgIpc) is 3.02. The van der Waals surface area contributed by atoms with Crippen molar-refractivity contribution in [3.63, 3.8) is 0 Å². The zero-order valence-electron chi connectivity index (χ0n) is 13.4. The molecule has 0 unspecified atom stereocenters. The molecule has 0 radical (unpaired) electrons. The standard InChI is InChI=1S/C15H26N2O3S2/c1-3-14-4-5-15(21-14)22(18,19)16-12-13-6-8-17(9-7-13)10-11-20-2/h4-5,13,16H,3,6-12H2,1-2H3. The summed E-state index contributed by atoms with van der Waals surface area (Å²) in [7, 11) is -1.62. The van der Waals surface area contributed by atoms with Crippen LogP contribution in [0.3, 0.4) is 0 Å². The lowest BCUT2D eigenvalue weighted by atomic mass is 9.97. The van der Waals surface area contributed by atoms with Gasteiger partial charge in [-0.1, -0.05) is 6.92 Å². The molecule has 22 heavy (non-hydrogen) atoms. The van der Waals surface area contributed by atoms with Gasteiger partial charge in [-0.05, 0) is 50.4 Å². The highest BCUT2D eigenvalue weighted by Crippen LogP contribution is 2.22. The SMILES string of the molecule is CCc1ccc(S(=O)(=O)NCC2CCN(CCOC)CC2)s1. The first-order valence-corrected chi connectivity index (χ1v) is 10.1. The third kappa shape index (κ3) is 5.03. The normalized spacial score (nSPS) is 17.9. The number of likely N-dealkylation sites (tertiary alicyclic amines) is 1. The van der Waals surface area contributed by atoms with Crippen molar-refractivity contribution in [2.45, 2.75) is 30.4 Å². The number of hydrogen-bond acceptors (Lipinski definition) is 5. The Morgan fingerprint density at radius 3 is 2.68 bits per heavy atom. The molecule has 0 saturated carbocycles. The second kappa shape index (κ2) is 8.40. The predicted molar refractivity (Wildman–Crippen MR) is 89.9 cm³/mol. The minimum atomic E-state index is -3.34. The highest BCUT2D eigenvalue weighted by Gasteiger charge is 2.22. The van der Waals surface area contributed by atoms with Crippen LogP contribution in [-0.4, -0.2) is 53.2 Å². The van der Waals surface area contributed by atoms with E-state index in [0.717, 1.165) is 50.4 Å². The Bertz CT molecular complexity index is 549. The maximum atomic E-state index is 12.3. The summed E-state index contributed by atoms with van der Waals surface area (Å²) in [5, 5.41) is 0. The zero-order chi connectivity index (χ0) is 16.0. The summed E-state index contributed by atoms with van der Waals surface area (Å²) >= 11 is 1.36. The Kier molecular flexibility index (Phi) is 6.83. The number of piperidine rings is 1. The van der Waals surface area contributed by atoms with E-state index in [4.69, 9.17) is 4.74 Å². The number of aryl methyl sites for hydroxylation is 1. The van der Waals surface area contributed by atoms with Gasteiger partial charge in [0.1, 0.15) is 4.21 Å². The van der Waals surface area contributed by atoms with E-state index in [1.807, 2.05) is 13.0 Å². The lowest BCUT2D eigenvalue weighted by molar-refractivity contribution is 0.121. The minimum absolute atomic E-state index is 0.430. The smallest absolute Gasteiger partial charge is 0.250 e. The molecule has 1 N–H and O–H groups in total. The molecule has 1 fully saturated rings. The van der Waals surface area contributed by atoms with Crippen molar-refractivity contribution in [2.24, 2.45) is 5.92 Å². The van der Waals surface area contributed by atoms with Gasteiger partial charge >= 0.3 is 0 Å². The molecule has 126 valence electrons. The van der Waals surface area contributed by atoms with Crippen LogP contribution in [0.15, 0.2) is 16.3 Å². The van der Waals surface area contributed by atoms with Crippen LogP contribution in [0, 0.1) is 5.92 Å². The summed E-state index contributed by atoms with van der Waals surface area (Å²) in [6.07, 6.45) is 2.95. The quantitative estimate of drug-likeness (QED) is 0.782. The maximum absolute atomic E-state index is 12.3. The number of hydrogen-bond donors (Lipinski definition) is 1. The fraction of sp³-hybridized carbons (Fsp3) is 0.733. The predicted octanol–water partition coefficient (Wildman–Crippen LogP) is 1.95. The average molecular weight is 347 g/mol. The van der Waals surface area contributed by atoms with Crippen molar-refractivity contribution < 1.29 is 13.2 Å². The highest BCUT2D eigenvalue weighted by molar-refractivity contribution is 7.91. The molecule has 1 saturated heterocycles. The number of nitrogens with one attached hydrogen (secondary N) is 1. The molecule has 1 aromatic heterocycles. The van der Waals surface area contributed by atoms with Gasteiger partial charge < -0.3 is 9.64 Å². The molecule has 1 aliphatic heterocycles. The van der Waals surface area contributed by atoms with Crippen molar-refractivity contribution in [1.29, 1.82) is 0 Å². The van der Waals surface area contributed by atoms with Gasteiger partial charge in [-0.2, -0.15) is 0 Å². The second-order valence-corrected chi connectivity index (χ2v) is 8.87. The van der Waals surface area contributed by atoms with Crippen LogP contribution in [0.25, 0.3) is 0 Å². The van der Waals surface area contributed by atoms with Crippen LogP contribution in [0.2, 0.25) is 0 Å². The monoisotopic (exact) mass is 346 g/mol. The largest absolute Gasteiger partial charge is 0.383 e. The topological polar surface area (TPSA) is 58.6 Å². The number of thiophene rings is 1. The van der Waals surface area contributed by atoms with Crippen molar-refractivity contribution in [3.05, 3.63) is 17.0 Å². The van der Waals surface area contributed by atoms with Crippen molar-refractivity contribution in [1.82, 2.24) is 9.62 Å². The highest BCUT2D eigenvalue weighted by atomic mass is 32.2. The Morgan fingerprint density at radius 2 is 2.09 bits per heavy atom. The number of ether oxygens (including phenoxy) is 1. The van der Waals surface area contributed by atoms with Gasteiger partial charge in [-0.25, -0.2) is 13.1 Å². The van der Waals surface area contributed by atoms with Gasteiger partial charge in [0.15, 0.2) is 0 Å². The number of sulfonamides is 1. The number of methoxy groups -OCH3 is 1. The molecule has 7 heteroatoms. The van der Waals surface area contributed by atoms with E-state index in [2.05, 4.69) is 9.62 Å². The summed E-state index contributed by atoms with van der Waals surface area (Å²) in [4.78, 5) is 3.48. The summed E-state index contributed by atoms with van der Waals surface area (Å²) in [5.74, 6) is 0.430. The molecule has 0 bridgehead atoms. The molecule has 0 aliphatic carbocycles. The van der Waals surface area contributed by atoms with Crippen LogP contribution in [0.5, 0.6) is 0 Å². The Morgan fingerprint density at radius 1 is 1.36 bits per heavy atom. The second-order valence-electron chi connectivity index (χ2n) is 5.70. The maximum Gasteiger partial charge on any atom is 0.250 e. The fourth-order valence-electron chi connectivity index (χ4n) is 2.63. The molecule has 0 aromatic carbocycles. The number of rotatable bonds is 8. The lowest BCUT2D eigenvalue weighted by Crippen LogP contribution is -2.39. The summed E-state index contributed by atoms with van der Waals surface area (Å²) < 4.78 is 32.9. The Hall–Kier alpha value is -0.470. The van der Waals surface area contributed by atoms with Crippen LogP contribution in [0.4, 0.5) is 0 Å². The van der Waals surface area contributed by atoms with Crippen LogP contribution >= 0.6 is 11.3 Å². The van der Waals surface area contributed by atoms with Gasteiger partial charge in [-0.15, -0.1) is 11.3 Å². The first-order valence-electron chi connectivity index (χ1n) is 7.85. The fourth-order valence-corrected chi connectivity index (χ4v) is 5.08. The molecular weight excluding hydrogens is 320 g/mol. The molecule has 1 aromatic rings. The van der Waals surface area contributed by atoms with Crippen LogP contribution in [0.1, 0.15) is 24.6 Å². The van der Waals surface area contributed by atoms with Gasteiger partial charge in [0.25, 0.3) is 0 Å². The van der Waals surface area contributed by atoms with E-state index < -0.39 is 10.0 Å². The third-order valence-electron chi connectivity index (χ3n) is 4.13. The van der Waals surface area contributed by atoms with E-state index in [1.165, 1.54) is 11.3 Å². The van der Waals surface area contributed by atoms with E-state index in [1.54, 1.807) is 13.2 Å². The van der Waals surface area contributed by atoms with E-state index >= 15 is 0 Å². The van der Waals surface area contributed by atoms with Gasteiger partial charge in [0, 0.05) is 25.1 Å². The Labute approximate surface area is 137 Å². The molecule has 1 aliphatic rings. The zero-order valence-corrected chi connectivity index (χ0v) is 15.0. The molecule has 0 amide bonds. The molecular formula is C15H26N2O3S2. The molecule has 5 nitrogen and oxygen atoms in total. The van der Waals surface area contributed by atoms with Crippen LogP contribution < -0.4 is 4.72 Å². The first kappa shape index (κ1) is 17.9. The minimum Gasteiger partial charge on any atom is -0.383 e. The van der Waals surface area contributed by atoms with Crippen LogP contribution in [-0.2, 0) is 21.2 Å². The third-order valence-corrected chi connectivity index (χ3v) is 7.28. The molecule has 2 rings (SSSR count). The first-order chi connectivity index (χ1) is 10.5. The lowest BCUT2D eigenvalue weighted by Gasteiger charge is -2.31. The van der Waals surface area contributed by atoms with Gasteiger partial charge in [0.2, 0.25) is 10.0 Å². The van der Waals surface area contributed by atoms with Crippen molar-refractivity contribution >= 4 is 21.4 Å². The summed E-state index contributed by atoms with van der Waals surface area (Å²) in [6, 6.07) is 3.60. The van der Waals surface area contributed by atoms with E-state index in [0.29, 0.717) is 16.7 Å². The van der Waals surface area contributed by atoms with E-state index in [-0.39, 0.29) is 0 Å². The summed E-state index contributed by atoms with van der Waals surface area (Å²) in [5.41, 5.74) is 0. The summed E-state index contributed by atoms with van der Waals surface area (Å²) in [6.45, 7) is 6.34. The number of nitrogens with zero attached hydrogens (tertiary/aromatic N) is 1. The van der Waals surface area contributed by atoms with Gasteiger partial charge in [0.05, 0.1) is 6.61 Å². The Balaban J connectivity index is 1.78.